The SMILES string of the molecule is CN1CCN(CCOC(=O)c2cc(N)cn2C2CC2)CC1. The van der Waals surface area contributed by atoms with Gasteiger partial charge in [0.2, 0.25) is 0 Å². The third-order valence-electron chi connectivity index (χ3n) is 4.26. The number of esters is 1. The summed E-state index contributed by atoms with van der Waals surface area (Å²) in [6, 6.07) is 2.15. The van der Waals surface area contributed by atoms with Gasteiger partial charge >= 0.3 is 5.97 Å². The average molecular weight is 292 g/mol. The number of hydrogen-bond donors (Lipinski definition) is 1. The molecule has 2 fully saturated rings. The van der Waals surface area contributed by atoms with Gasteiger partial charge in [-0.15, -0.1) is 0 Å². The van der Waals surface area contributed by atoms with Crippen molar-refractivity contribution in [2.45, 2.75) is 18.9 Å². The molecule has 1 aliphatic carbocycles. The number of likely N-dealkylation sites (N-methyl/N-ethyl adjacent to an activating group) is 1. The van der Waals surface area contributed by atoms with E-state index in [2.05, 4.69) is 16.8 Å². The first-order valence-electron chi connectivity index (χ1n) is 7.69. The van der Waals surface area contributed by atoms with Gasteiger partial charge in [0.1, 0.15) is 12.3 Å². The normalized spacial score (nSPS) is 20.6. The molecule has 1 saturated carbocycles. The van der Waals surface area contributed by atoms with Crippen LogP contribution in [0.25, 0.3) is 0 Å². The molecule has 2 heterocycles. The molecule has 116 valence electrons. The second kappa shape index (κ2) is 6.07. The van der Waals surface area contributed by atoms with Crippen LogP contribution in [-0.2, 0) is 4.74 Å². The highest BCUT2D eigenvalue weighted by atomic mass is 16.5. The van der Waals surface area contributed by atoms with Crippen molar-refractivity contribution in [3.63, 3.8) is 0 Å². The number of carbonyl (C=O) groups excluding carboxylic acids is 1. The Morgan fingerprint density at radius 1 is 1.33 bits per heavy atom. The zero-order chi connectivity index (χ0) is 14.8. The molecule has 6 nitrogen and oxygen atoms in total. The Morgan fingerprint density at radius 3 is 2.71 bits per heavy atom. The summed E-state index contributed by atoms with van der Waals surface area (Å²) in [5.41, 5.74) is 7.02. The molecular weight excluding hydrogens is 268 g/mol. The number of aromatic nitrogens is 1. The average Bonchev–Trinajstić information content (AvgIpc) is 3.23. The number of nitrogens with zero attached hydrogens (tertiary/aromatic N) is 3. The van der Waals surface area contributed by atoms with Crippen molar-refractivity contribution >= 4 is 11.7 Å². The maximum atomic E-state index is 12.2. The minimum absolute atomic E-state index is 0.257. The van der Waals surface area contributed by atoms with E-state index in [0.717, 1.165) is 45.6 Å². The van der Waals surface area contributed by atoms with E-state index in [0.29, 0.717) is 24.0 Å². The minimum atomic E-state index is -0.257. The van der Waals surface area contributed by atoms with E-state index in [4.69, 9.17) is 10.5 Å². The quantitative estimate of drug-likeness (QED) is 0.814. The number of nitrogens with two attached hydrogens (primary N) is 1. The highest BCUT2D eigenvalue weighted by Crippen LogP contribution is 2.37. The van der Waals surface area contributed by atoms with Gasteiger partial charge in [-0.05, 0) is 26.0 Å². The summed E-state index contributed by atoms with van der Waals surface area (Å²) < 4.78 is 7.38. The molecule has 21 heavy (non-hydrogen) atoms. The molecule has 1 aliphatic heterocycles. The first kappa shape index (κ1) is 14.4. The first-order valence-corrected chi connectivity index (χ1v) is 7.69. The van der Waals surface area contributed by atoms with E-state index in [1.54, 1.807) is 6.07 Å². The molecule has 3 rings (SSSR count). The van der Waals surface area contributed by atoms with Crippen molar-refractivity contribution in [1.82, 2.24) is 14.4 Å². The Hall–Kier alpha value is -1.53. The summed E-state index contributed by atoms with van der Waals surface area (Å²) in [5.74, 6) is -0.257. The van der Waals surface area contributed by atoms with Crippen LogP contribution >= 0.6 is 0 Å². The van der Waals surface area contributed by atoms with Crippen molar-refractivity contribution in [2.75, 3.05) is 52.1 Å². The molecule has 0 atom stereocenters. The van der Waals surface area contributed by atoms with Gasteiger partial charge in [0.05, 0.1) is 5.69 Å². The molecule has 0 bridgehead atoms. The van der Waals surface area contributed by atoms with Crippen molar-refractivity contribution < 1.29 is 9.53 Å². The summed E-state index contributed by atoms with van der Waals surface area (Å²) >= 11 is 0. The van der Waals surface area contributed by atoms with Gasteiger partial charge in [-0.1, -0.05) is 0 Å². The summed E-state index contributed by atoms with van der Waals surface area (Å²) in [6.45, 7) is 5.49. The van der Waals surface area contributed by atoms with Crippen LogP contribution in [0.4, 0.5) is 5.69 Å². The van der Waals surface area contributed by atoms with E-state index in [-0.39, 0.29) is 5.97 Å². The number of rotatable bonds is 5. The Bertz CT molecular complexity index is 502. The topological polar surface area (TPSA) is 63.7 Å². The Morgan fingerprint density at radius 2 is 2.05 bits per heavy atom. The lowest BCUT2D eigenvalue weighted by Gasteiger charge is -2.32. The lowest BCUT2D eigenvalue weighted by Crippen LogP contribution is -2.45. The molecule has 2 aliphatic rings. The van der Waals surface area contributed by atoms with Crippen LogP contribution in [0.5, 0.6) is 0 Å². The van der Waals surface area contributed by atoms with Gasteiger partial charge in [0.25, 0.3) is 0 Å². The fraction of sp³-hybridized carbons (Fsp3) is 0.667. The smallest absolute Gasteiger partial charge is 0.355 e. The predicted octanol–water partition coefficient (Wildman–Crippen LogP) is 0.809. The van der Waals surface area contributed by atoms with Crippen LogP contribution < -0.4 is 5.73 Å². The molecule has 0 spiro atoms. The summed E-state index contributed by atoms with van der Waals surface area (Å²) in [6.07, 6.45) is 4.08. The maximum absolute atomic E-state index is 12.2. The van der Waals surface area contributed by atoms with Crippen LogP contribution in [0.2, 0.25) is 0 Å². The lowest BCUT2D eigenvalue weighted by molar-refractivity contribution is 0.0420. The van der Waals surface area contributed by atoms with Crippen LogP contribution in [0.1, 0.15) is 29.4 Å². The Labute approximate surface area is 125 Å². The number of piperazine rings is 1. The van der Waals surface area contributed by atoms with E-state index in [1.807, 2.05) is 10.8 Å². The van der Waals surface area contributed by atoms with Crippen LogP contribution in [0.15, 0.2) is 12.3 Å². The third-order valence-corrected chi connectivity index (χ3v) is 4.26. The van der Waals surface area contributed by atoms with E-state index in [1.165, 1.54) is 0 Å². The van der Waals surface area contributed by atoms with Crippen molar-refractivity contribution in [2.24, 2.45) is 0 Å². The molecule has 0 radical (unpaired) electrons. The van der Waals surface area contributed by atoms with E-state index >= 15 is 0 Å². The fourth-order valence-electron chi connectivity index (χ4n) is 2.73. The largest absolute Gasteiger partial charge is 0.460 e. The number of carbonyl (C=O) groups is 1. The van der Waals surface area contributed by atoms with Gasteiger partial charge < -0.3 is 19.9 Å². The lowest BCUT2D eigenvalue weighted by atomic mass is 10.3. The van der Waals surface area contributed by atoms with Gasteiger partial charge in [-0.25, -0.2) is 4.79 Å². The molecule has 0 unspecified atom stereocenters. The molecular formula is C15H24N4O2. The molecule has 1 aromatic rings. The van der Waals surface area contributed by atoms with Crippen molar-refractivity contribution in [3.05, 3.63) is 18.0 Å². The minimum Gasteiger partial charge on any atom is -0.460 e. The highest BCUT2D eigenvalue weighted by molar-refractivity contribution is 5.89. The summed E-state index contributed by atoms with van der Waals surface area (Å²) in [7, 11) is 2.13. The van der Waals surface area contributed by atoms with E-state index in [9.17, 15) is 4.79 Å². The third kappa shape index (κ3) is 3.57. The van der Waals surface area contributed by atoms with Gasteiger partial charge in [0.15, 0.2) is 0 Å². The fourth-order valence-corrected chi connectivity index (χ4v) is 2.73. The van der Waals surface area contributed by atoms with Crippen molar-refractivity contribution in [3.8, 4) is 0 Å². The molecule has 1 saturated heterocycles. The second-order valence-corrected chi connectivity index (χ2v) is 6.08. The zero-order valence-corrected chi connectivity index (χ0v) is 12.6. The van der Waals surface area contributed by atoms with Gasteiger partial charge in [-0.2, -0.15) is 0 Å². The number of ether oxygens (including phenoxy) is 1. The van der Waals surface area contributed by atoms with Crippen molar-refractivity contribution in [1.29, 1.82) is 0 Å². The van der Waals surface area contributed by atoms with Crippen LogP contribution in [0, 0.1) is 0 Å². The zero-order valence-electron chi connectivity index (χ0n) is 12.6. The standard InChI is InChI=1S/C15H24N4O2/c1-17-4-6-18(7-5-17)8-9-21-15(20)14-10-12(16)11-19(14)13-2-3-13/h10-11,13H,2-9,16H2,1H3. The Balaban J connectivity index is 1.48. The Kier molecular flexibility index (Phi) is 4.17. The first-order chi connectivity index (χ1) is 10.1. The highest BCUT2D eigenvalue weighted by Gasteiger charge is 2.28. The molecule has 1 aromatic heterocycles. The number of anilines is 1. The molecule has 2 N–H and O–H groups in total. The summed E-state index contributed by atoms with van der Waals surface area (Å²) in [4.78, 5) is 16.8. The second-order valence-electron chi connectivity index (χ2n) is 6.08. The monoisotopic (exact) mass is 292 g/mol. The van der Waals surface area contributed by atoms with Crippen LogP contribution in [0.3, 0.4) is 0 Å². The predicted molar refractivity (Wildman–Crippen MR) is 81.3 cm³/mol. The number of nitrogen functional groups attached to an aromatic ring is 1. The molecule has 0 aromatic carbocycles. The van der Waals surface area contributed by atoms with Crippen LogP contribution in [-0.4, -0.2) is 66.7 Å². The number of hydrogen-bond acceptors (Lipinski definition) is 5. The van der Waals surface area contributed by atoms with Gasteiger partial charge in [0, 0.05) is 45.0 Å². The van der Waals surface area contributed by atoms with E-state index < -0.39 is 0 Å². The molecule has 6 heteroatoms. The van der Waals surface area contributed by atoms with Gasteiger partial charge in [-0.3, -0.25) is 4.90 Å². The summed E-state index contributed by atoms with van der Waals surface area (Å²) in [5, 5.41) is 0. The maximum Gasteiger partial charge on any atom is 0.355 e. The molecule has 0 amide bonds.